The molecule has 2 rings (SSSR count). The zero-order chi connectivity index (χ0) is 18.2. The Bertz CT molecular complexity index is 712. The Hall–Kier alpha value is -2.69. The van der Waals surface area contributed by atoms with E-state index in [1.165, 1.54) is 0 Å². The van der Waals surface area contributed by atoms with Crippen molar-refractivity contribution in [2.24, 2.45) is 0 Å². The number of amides is 2. The van der Waals surface area contributed by atoms with Crippen LogP contribution in [-0.2, 0) is 6.54 Å². The number of pyridine rings is 1. The van der Waals surface area contributed by atoms with Crippen molar-refractivity contribution < 1.29 is 9.59 Å². The van der Waals surface area contributed by atoms with E-state index >= 15 is 0 Å². The summed E-state index contributed by atoms with van der Waals surface area (Å²) in [6.45, 7) is 8.11. The highest BCUT2D eigenvalue weighted by molar-refractivity contribution is 5.96. The summed E-state index contributed by atoms with van der Waals surface area (Å²) in [7, 11) is 0. The van der Waals surface area contributed by atoms with Crippen LogP contribution in [0, 0.1) is 0 Å². The summed E-state index contributed by atoms with van der Waals surface area (Å²) >= 11 is 0. The molecule has 0 aliphatic heterocycles. The molecule has 0 fully saturated rings. The number of carbonyl (C=O) groups is 2. The number of hydrogen-bond donors (Lipinski definition) is 0. The van der Waals surface area contributed by atoms with Crippen molar-refractivity contribution >= 4 is 11.8 Å². The van der Waals surface area contributed by atoms with Crippen LogP contribution in [0.3, 0.4) is 0 Å². The molecule has 0 aliphatic rings. The van der Waals surface area contributed by atoms with E-state index in [9.17, 15) is 9.59 Å². The van der Waals surface area contributed by atoms with Gasteiger partial charge < -0.3 is 9.80 Å². The lowest BCUT2D eigenvalue weighted by atomic mass is 10.2. The molecule has 0 bridgehead atoms. The lowest BCUT2D eigenvalue weighted by Crippen LogP contribution is -2.33. The van der Waals surface area contributed by atoms with E-state index in [1.807, 2.05) is 51.1 Å². The third-order valence-corrected chi connectivity index (χ3v) is 4.12. The number of aromatic nitrogens is 1. The first-order chi connectivity index (χ1) is 12.1. The molecule has 2 amide bonds. The standard InChI is InChI=1S/C20H25N3O2/c1-4-22(5-2)19(24)17-13-10-14-18(21-17)20(25)23(6-3)15-16-11-8-7-9-12-16/h7-14H,4-6,15H2,1-3H3. The third-order valence-electron chi connectivity index (χ3n) is 4.12. The van der Waals surface area contributed by atoms with E-state index in [4.69, 9.17) is 0 Å². The molecule has 132 valence electrons. The predicted octanol–water partition coefficient (Wildman–Crippen LogP) is 3.23. The Morgan fingerprint density at radius 1 is 0.760 bits per heavy atom. The zero-order valence-electron chi connectivity index (χ0n) is 15.1. The summed E-state index contributed by atoms with van der Waals surface area (Å²) in [5.41, 5.74) is 1.68. The molecule has 5 heteroatoms. The Kier molecular flexibility index (Phi) is 6.69. The highest BCUT2D eigenvalue weighted by Gasteiger charge is 2.19. The van der Waals surface area contributed by atoms with Crippen LogP contribution in [0.5, 0.6) is 0 Å². The molecule has 25 heavy (non-hydrogen) atoms. The minimum Gasteiger partial charge on any atom is -0.338 e. The molecule has 2 aromatic rings. The first-order valence-electron chi connectivity index (χ1n) is 8.70. The predicted molar refractivity (Wildman–Crippen MR) is 98.3 cm³/mol. The van der Waals surface area contributed by atoms with Crippen LogP contribution in [0.2, 0.25) is 0 Å². The molecule has 0 spiro atoms. The second-order valence-electron chi connectivity index (χ2n) is 5.69. The quantitative estimate of drug-likeness (QED) is 0.778. The van der Waals surface area contributed by atoms with Crippen molar-refractivity contribution in [3.8, 4) is 0 Å². The third kappa shape index (κ3) is 4.66. The maximum atomic E-state index is 12.8. The maximum Gasteiger partial charge on any atom is 0.272 e. The summed E-state index contributed by atoms with van der Waals surface area (Å²) in [6.07, 6.45) is 0. The van der Waals surface area contributed by atoms with Crippen LogP contribution >= 0.6 is 0 Å². The lowest BCUT2D eigenvalue weighted by Gasteiger charge is -2.21. The largest absolute Gasteiger partial charge is 0.338 e. The molecule has 0 saturated heterocycles. The SMILES string of the molecule is CCN(CC)C(=O)c1cccc(C(=O)N(CC)Cc2ccccc2)n1. The first-order valence-corrected chi connectivity index (χ1v) is 8.70. The minimum absolute atomic E-state index is 0.147. The van der Waals surface area contributed by atoms with Gasteiger partial charge in [0.05, 0.1) is 0 Å². The van der Waals surface area contributed by atoms with Gasteiger partial charge in [0.25, 0.3) is 11.8 Å². The molecule has 1 heterocycles. The maximum absolute atomic E-state index is 12.8. The molecule has 5 nitrogen and oxygen atoms in total. The number of hydrogen-bond acceptors (Lipinski definition) is 3. The molecule has 0 unspecified atom stereocenters. The second kappa shape index (κ2) is 8.97. The van der Waals surface area contributed by atoms with E-state index in [2.05, 4.69) is 4.98 Å². The molecule has 1 aromatic carbocycles. The molecule has 0 atom stereocenters. The molecule has 0 radical (unpaired) electrons. The number of benzene rings is 1. The van der Waals surface area contributed by atoms with Crippen molar-refractivity contribution in [2.75, 3.05) is 19.6 Å². The van der Waals surface area contributed by atoms with Crippen LogP contribution in [0.15, 0.2) is 48.5 Å². The number of rotatable bonds is 7. The highest BCUT2D eigenvalue weighted by atomic mass is 16.2. The Labute approximate surface area is 149 Å². The van der Waals surface area contributed by atoms with Crippen LogP contribution in [0.25, 0.3) is 0 Å². The molecule has 1 aromatic heterocycles. The van der Waals surface area contributed by atoms with E-state index in [0.29, 0.717) is 37.6 Å². The van der Waals surface area contributed by atoms with Crippen molar-refractivity contribution in [1.29, 1.82) is 0 Å². The number of carbonyl (C=O) groups excluding carboxylic acids is 2. The van der Waals surface area contributed by atoms with E-state index in [-0.39, 0.29) is 11.8 Å². The van der Waals surface area contributed by atoms with Gasteiger partial charge in [-0.1, -0.05) is 36.4 Å². The fourth-order valence-electron chi connectivity index (χ4n) is 2.64. The van der Waals surface area contributed by atoms with Crippen LogP contribution in [0.4, 0.5) is 0 Å². The summed E-state index contributed by atoms with van der Waals surface area (Å²) in [4.78, 5) is 33.0. The molecular formula is C20H25N3O2. The van der Waals surface area contributed by atoms with Gasteiger partial charge in [0, 0.05) is 26.2 Å². The van der Waals surface area contributed by atoms with Gasteiger partial charge in [0.2, 0.25) is 0 Å². The Balaban J connectivity index is 2.20. The monoisotopic (exact) mass is 339 g/mol. The molecule has 0 saturated carbocycles. The summed E-state index contributed by atoms with van der Waals surface area (Å²) < 4.78 is 0. The van der Waals surface area contributed by atoms with Crippen LogP contribution in [0.1, 0.15) is 47.3 Å². The van der Waals surface area contributed by atoms with Gasteiger partial charge in [-0.2, -0.15) is 0 Å². The van der Waals surface area contributed by atoms with Gasteiger partial charge in [0.1, 0.15) is 11.4 Å². The summed E-state index contributed by atoms with van der Waals surface area (Å²) in [6, 6.07) is 14.9. The topological polar surface area (TPSA) is 53.5 Å². The fourth-order valence-corrected chi connectivity index (χ4v) is 2.64. The normalized spacial score (nSPS) is 10.4. The summed E-state index contributed by atoms with van der Waals surface area (Å²) in [5, 5.41) is 0. The Morgan fingerprint density at radius 3 is 1.80 bits per heavy atom. The zero-order valence-corrected chi connectivity index (χ0v) is 15.1. The smallest absolute Gasteiger partial charge is 0.272 e. The second-order valence-corrected chi connectivity index (χ2v) is 5.69. The van der Waals surface area contributed by atoms with Gasteiger partial charge in [0.15, 0.2) is 0 Å². The number of nitrogens with zero attached hydrogens (tertiary/aromatic N) is 3. The molecule has 0 N–H and O–H groups in total. The van der Waals surface area contributed by atoms with Gasteiger partial charge >= 0.3 is 0 Å². The molecular weight excluding hydrogens is 314 g/mol. The van der Waals surface area contributed by atoms with E-state index in [0.717, 1.165) is 5.56 Å². The highest BCUT2D eigenvalue weighted by Crippen LogP contribution is 2.10. The van der Waals surface area contributed by atoms with Crippen molar-refractivity contribution in [3.05, 3.63) is 65.5 Å². The molecule has 0 aliphatic carbocycles. The van der Waals surface area contributed by atoms with Crippen LogP contribution in [-0.4, -0.2) is 46.2 Å². The lowest BCUT2D eigenvalue weighted by molar-refractivity contribution is 0.0744. The van der Waals surface area contributed by atoms with Crippen molar-refractivity contribution in [2.45, 2.75) is 27.3 Å². The van der Waals surface area contributed by atoms with Gasteiger partial charge in [-0.05, 0) is 38.5 Å². The van der Waals surface area contributed by atoms with Crippen molar-refractivity contribution in [3.63, 3.8) is 0 Å². The van der Waals surface area contributed by atoms with E-state index < -0.39 is 0 Å². The van der Waals surface area contributed by atoms with Gasteiger partial charge in [-0.25, -0.2) is 4.98 Å². The average molecular weight is 339 g/mol. The fraction of sp³-hybridized carbons (Fsp3) is 0.350. The Morgan fingerprint density at radius 2 is 1.28 bits per heavy atom. The summed E-state index contributed by atoms with van der Waals surface area (Å²) in [5.74, 6) is -0.314. The van der Waals surface area contributed by atoms with Crippen LogP contribution < -0.4 is 0 Å². The van der Waals surface area contributed by atoms with Gasteiger partial charge in [-0.15, -0.1) is 0 Å². The average Bonchev–Trinajstić information content (AvgIpc) is 2.67. The van der Waals surface area contributed by atoms with Crippen molar-refractivity contribution in [1.82, 2.24) is 14.8 Å². The van der Waals surface area contributed by atoms with E-state index in [1.54, 1.807) is 28.0 Å². The van der Waals surface area contributed by atoms with Gasteiger partial charge in [-0.3, -0.25) is 9.59 Å². The minimum atomic E-state index is -0.166. The first kappa shape index (κ1) is 18.6.